The van der Waals surface area contributed by atoms with Crippen LogP contribution in [0.4, 0.5) is 0 Å². The molecular weight excluding hydrogens is 284 g/mol. The average molecular weight is 312 g/mol. The molecule has 4 aliphatic carbocycles. The van der Waals surface area contributed by atoms with E-state index in [1.807, 2.05) is 6.08 Å². The van der Waals surface area contributed by atoms with Crippen molar-refractivity contribution in [3.05, 3.63) is 23.8 Å². The molecule has 0 amide bonds. The summed E-state index contributed by atoms with van der Waals surface area (Å²) in [7, 11) is 0. The second kappa shape index (κ2) is 6.29. The summed E-state index contributed by atoms with van der Waals surface area (Å²) >= 11 is 0. The Morgan fingerprint density at radius 1 is 1.17 bits per heavy atom. The van der Waals surface area contributed by atoms with Gasteiger partial charge in [-0.05, 0) is 68.3 Å². The molecule has 2 saturated carbocycles. The lowest BCUT2D eigenvalue weighted by molar-refractivity contribution is -0.116. The molecule has 2 heteroatoms. The van der Waals surface area contributed by atoms with Crippen LogP contribution in [-0.2, 0) is 4.79 Å². The number of carbonyl (C=O) groups excluding carboxylic acids is 1. The Morgan fingerprint density at radius 3 is 2.70 bits per heavy atom. The number of aliphatic hydroxyl groups excluding tert-OH is 1. The maximum absolute atomic E-state index is 11.7. The number of terminal acetylenes is 1. The van der Waals surface area contributed by atoms with E-state index in [-0.39, 0.29) is 11.5 Å². The Kier molecular flexibility index (Phi) is 4.52. The third kappa shape index (κ3) is 2.41. The molecule has 6 atom stereocenters. The summed E-state index contributed by atoms with van der Waals surface area (Å²) in [6.07, 6.45) is 21.7. The fourth-order valence-corrected chi connectivity index (χ4v) is 6.07. The van der Waals surface area contributed by atoms with Crippen molar-refractivity contribution in [2.45, 2.75) is 58.0 Å². The summed E-state index contributed by atoms with van der Waals surface area (Å²) in [6, 6.07) is 0. The third-order valence-corrected chi connectivity index (χ3v) is 7.17. The van der Waals surface area contributed by atoms with Gasteiger partial charge in [0.15, 0.2) is 5.78 Å². The second-order valence-corrected chi connectivity index (χ2v) is 7.68. The van der Waals surface area contributed by atoms with Gasteiger partial charge in [0.1, 0.15) is 0 Å². The van der Waals surface area contributed by atoms with Gasteiger partial charge in [-0.25, -0.2) is 0 Å². The minimum absolute atomic E-state index is 0.118. The van der Waals surface area contributed by atoms with Crippen LogP contribution >= 0.6 is 0 Å². The predicted molar refractivity (Wildman–Crippen MR) is 92.5 cm³/mol. The van der Waals surface area contributed by atoms with E-state index < -0.39 is 0 Å². The monoisotopic (exact) mass is 312 g/mol. The first-order valence-electron chi connectivity index (χ1n) is 9.09. The second-order valence-electron chi connectivity index (χ2n) is 7.68. The highest BCUT2D eigenvalue weighted by Crippen LogP contribution is 2.61. The van der Waals surface area contributed by atoms with Crippen LogP contribution in [0.3, 0.4) is 0 Å². The third-order valence-electron chi connectivity index (χ3n) is 7.17. The number of rotatable bonds is 1. The van der Waals surface area contributed by atoms with E-state index in [4.69, 9.17) is 0 Å². The van der Waals surface area contributed by atoms with Gasteiger partial charge in [-0.15, -0.1) is 12.8 Å². The average Bonchev–Trinajstić information content (AvgIpc) is 2.93. The Morgan fingerprint density at radius 2 is 1.96 bits per heavy atom. The molecule has 0 aromatic heterocycles. The maximum atomic E-state index is 11.7. The van der Waals surface area contributed by atoms with Crippen LogP contribution in [0.5, 0.6) is 0 Å². The molecule has 0 radical (unpaired) electrons. The van der Waals surface area contributed by atoms with E-state index in [0.29, 0.717) is 17.6 Å². The molecule has 1 N–H and O–H groups in total. The molecule has 0 saturated heterocycles. The van der Waals surface area contributed by atoms with Crippen molar-refractivity contribution in [1.82, 2.24) is 0 Å². The first-order chi connectivity index (χ1) is 11.2. The number of aliphatic hydroxyl groups is 1. The van der Waals surface area contributed by atoms with Crippen molar-refractivity contribution in [3.8, 4) is 12.8 Å². The molecule has 0 aromatic rings. The van der Waals surface area contributed by atoms with Crippen LogP contribution in [0.25, 0.3) is 0 Å². The topological polar surface area (TPSA) is 37.3 Å². The van der Waals surface area contributed by atoms with Gasteiger partial charge in [-0.2, -0.15) is 0 Å². The lowest BCUT2D eigenvalue weighted by Gasteiger charge is -2.54. The molecule has 0 spiro atoms. The van der Waals surface area contributed by atoms with Gasteiger partial charge in [-0.1, -0.05) is 24.6 Å². The molecule has 124 valence electrons. The molecule has 4 aliphatic rings. The zero-order valence-corrected chi connectivity index (χ0v) is 14.1. The summed E-state index contributed by atoms with van der Waals surface area (Å²) in [5, 5.41) is 10.5. The van der Waals surface area contributed by atoms with Gasteiger partial charge in [-0.3, -0.25) is 4.79 Å². The number of fused-ring (bicyclic) bond motifs is 5. The number of hydrogen-bond acceptors (Lipinski definition) is 2. The van der Waals surface area contributed by atoms with Crippen molar-refractivity contribution >= 4 is 5.78 Å². The molecule has 4 rings (SSSR count). The minimum Gasteiger partial charge on any atom is -0.388 e. The Balaban J connectivity index is 0.000000753. The molecule has 2 fully saturated rings. The van der Waals surface area contributed by atoms with Crippen LogP contribution < -0.4 is 0 Å². The molecule has 0 bridgehead atoms. The summed E-state index contributed by atoms with van der Waals surface area (Å²) < 4.78 is 0. The lowest BCUT2D eigenvalue weighted by atomic mass is 9.51. The zero-order chi connectivity index (χ0) is 16.6. The van der Waals surface area contributed by atoms with E-state index >= 15 is 0 Å². The first-order valence-corrected chi connectivity index (χ1v) is 9.09. The molecule has 0 aromatic carbocycles. The van der Waals surface area contributed by atoms with E-state index in [2.05, 4.69) is 31.9 Å². The van der Waals surface area contributed by atoms with Gasteiger partial charge < -0.3 is 5.11 Å². The van der Waals surface area contributed by atoms with Gasteiger partial charge >= 0.3 is 0 Å². The number of ketones is 1. The van der Waals surface area contributed by atoms with Gasteiger partial charge in [0.25, 0.3) is 0 Å². The summed E-state index contributed by atoms with van der Waals surface area (Å²) in [4.78, 5) is 11.7. The summed E-state index contributed by atoms with van der Waals surface area (Å²) in [5.41, 5.74) is 1.56. The Bertz CT molecular complexity index is 555. The molecular formula is C21H28O2. The SMILES string of the molecule is C#C.CCC12CCC3C4CCC(=O)C=C4CCC3C1C=CC2O. The van der Waals surface area contributed by atoms with Crippen LogP contribution in [0.15, 0.2) is 23.8 Å². The van der Waals surface area contributed by atoms with Crippen molar-refractivity contribution in [2.24, 2.45) is 29.1 Å². The molecule has 6 unspecified atom stereocenters. The van der Waals surface area contributed by atoms with Crippen molar-refractivity contribution in [1.29, 1.82) is 0 Å². The van der Waals surface area contributed by atoms with Crippen molar-refractivity contribution in [3.63, 3.8) is 0 Å². The number of hydrogen-bond donors (Lipinski definition) is 1. The van der Waals surface area contributed by atoms with Gasteiger partial charge in [0.2, 0.25) is 0 Å². The normalized spacial score (nSPS) is 44.3. The van der Waals surface area contributed by atoms with E-state index in [1.54, 1.807) is 0 Å². The fourth-order valence-electron chi connectivity index (χ4n) is 6.07. The van der Waals surface area contributed by atoms with Crippen LogP contribution in [0, 0.1) is 41.9 Å². The van der Waals surface area contributed by atoms with Gasteiger partial charge in [0, 0.05) is 11.8 Å². The van der Waals surface area contributed by atoms with Crippen molar-refractivity contribution in [2.75, 3.05) is 0 Å². The minimum atomic E-state index is -0.238. The quantitative estimate of drug-likeness (QED) is 0.589. The van der Waals surface area contributed by atoms with Crippen LogP contribution in [0.1, 0.15) is 51.9 Å². The standard InChI is InChI=1S/C19H26O2.C2H2/c1-2-19-10-9-15-14-6-4-13(20)11-12(14)3-5-16(15)17(19)7-8-18(19)21;1-2/h7-8,11,14-18,21H,2-6,9-10H2,1H3;1-2H. The van der Waals surface area contributed by atoms with Crippen LogP contribution in [0.2, 0.25) is 0 Å². The van der Waals surface area contributed by atoms with E-state index in [1.165, 1.54) is 18.4 Å². The van der Waals surface area contributed by atoms with Gasteiger partial charge in [0.05, 0.1) is 6.10 Å². The maximum Gasteiger partial charge on any atom is 0.155 e. The Hall–Kier alpha value is -1.33. The molecule has 2 nitrogen and oxygen atoms in total. The summed E-state index contributed by atoms with van der Waals surface area (Å²) in [6.45, 7) is 2.25. The molecule has 0 aliphatic heterocycles. The largest absolute Gasteiger partial charge is 0.388 e. The molecule has 23 heavy (non-hydrogen) atoms. The number of allylic oxidation sites excluding steroid dienone is 3. The lowest BCUT2D eigenvalue weighted by Crippen LogP contribution is -2.49. The first kappa shape index (κ1) is 16.5. The van der Waals surface area contributed by atoms with Crippen LogP contribution in [-0.4, -0.2) is 17.0 Å². The zero-order valence-electron chi connectivity index (χ0n) is 14.1. The van der Waals surface area contributed by atoms with E-state index in [0.717, 1.165) is 43.9 Å². The van der Waals surface area contributed by atoms with Crippen molar-refractivity contribution < 1.29 is 9.90 Å². The fraction of sp³-hybridized carbons (Fsp3) is 0.667. The Labute approximate surface area is 140 Å². The highest BCUT2D eigenvalue weighted by molar-refractivity contribution is 5.91. The van der Waals surface area contributed by atoms with E-state index in [9.17, 15) is 9.90 Å². The highest BCUT2D eigenvalue weighted by Gasteiger charge is 2.55. The molecule has 0 heterocycles. The summed E-state index contributed by atoms with van der Waals surface area (Å²) in [5.74, 6) is 3.03. The smallest absolute Gasteiger partial charge is 0.155 e. The number of carbonyl (C=O) groups is 1. The highest BCUT2D eigenvalue weighted by atomic mass is 16.3. The predicted octanol–water partition coefficient (Wildman–Crippen LogP) is 3.90.